The Morgan fingerprint density at radius 3 is 2.62 bits per heavy atom. The maximum atomic E-state index is 5.53. The average molecular weight is 286 g/mol. The van der Waals surface area contributed by atoms with E-state index in [1.54, 1.807) is 0 Å². The number of hydrogen-bond acceptors (Lipinski definition) is 6. The zero-order valence-corrected chi connectivity index (χ0v) is 12.7. The molecular weight excluding hydrogens is 264 g/mol. The zero-order valence-electron chi connectivity index (χ0n) is 12.7. The fourth-order valence-electron chi connectivity index (χ4n) is 2.13. The minimum atomic E-state index is 0.665. The van der Waals surface area contributed by atoms with E-state index in [1.807, 2.05) is 26.2 Å². The normalized spacial score (nSPS) is 10.3. The van der Waals surface area contributed by atoms with Crippen LogP contribution in [0.25, 0.3) is 0 Å². The molecule has 1 aromatic carbocycles. The monoisotopic (exact) mass is 286 g/mol. The van der Waals surface area contributed by atoms with Gasteiger partial charge in [-0.15, -0.1) is 0 Å². The van der Waals surface area contributed by atoms with Crippen LogP contribution >= 0.6 is 0 Å². The van der Waals surface area contributed by atoms with E-state index in [0.29, 0.717) is 5.82 Å². The number of benzene rings is 1. The lowest BCUT2D eigenvalue weighted by atomic mass is 10.1. The van der Waals surface area contributed by atoms with Crippen molar-refractivity contribution < 1.29 is 0 Å². The lowest BCUT2D eigenvalue weighted by Gasteiger charge is -2.16. The van der Waals surface area contributed by atoms with Crippen molar-refractivity contribution in [3.05, 3.63) is 36.2 Å². The first-order valence-electron chi connectivity index (χ1n) is 7.00. The number of anilines is 4. The van der Waals surface area contributed by atoms with Gasteiger partial charge < -0.3 is 15.6 Å². The minimum Gasteiger partial charge on any atom is -0.378 e. The first-order valence-corrected chi connectivity index (χ1v) is 7.00. The molecule has 0 aliphatic heterocycles. The first kappa shape index (κ1) is 15.1. The Bertz CT molecular complexity index is 596. The molecule has 0 bridgehead atoms. The molecule has 21 heavy (non-hydrogen) atoms. The largest absolute Gasteiger partial charge is 0.378 e. The Kier molecular flexibility index (Phi) is 4.94. The van der Waals surface area contributed by atoms with Crippen molar-refractivity contribution >= 4 is 23.0 Å². The van der Waals surface area contributed by atoms with E-state index < -0.39 is 0 Å². The minimum absolute atomic E-state index is 0.665. The molecule has 6 nitrogen and oxygen atoms in total. The second kappa shape index (κ2) is 6.90. The van der Waals surface area contributed by atoms with Crippen LogP contribution < -0.4 is 21.5 Å². The number of nitrogens with zero attached hydrogens (tertiary/aromatic N) is 3. The summed E-state index contributed by atoms with van der Waals surface area (Å²) in [6, 6.07) is 8.17. The molecule has 0 aliphatic rings. The van der Waals surface area contributed by atoms with Gasteiger partial charge >= 0.3 is 0 Å². The summed E-state index contributed by atoms with van der Waals surface area (Å²) in [6.45, 7) is 2.11. The van der Waals surface area contributed by atoms with E-state index in [-0.39, 0.29) is 0 Å². The van der Waals surface area contributed by atoms with Crippen molar-refractivity contribution in [2.75, 3.05) is 29.7 Å². The van der Waals surface area contributed by atoms with Crippen LogP contribution in [0.5, 0.6) is 0 Å². The summed E-state index contributed by atoms with van der Waals surface area (Å²) in [5.74, 6) is 6.98. The molecule has 0 radical (unpaired) electrons. The van der Waals surface area contributed by atoms with Crippen LogP contribution in [-0.2, 0) is 6.42 Å². The van der Waals surface area contributed by atoms with Crippen molar-refractivity contribution in [2.24, 2.45) is 5.84 Å². The SMILES string of the molecule is CCCc1c(NN)ncnc1Nc1cccc(N(C)C)c1. The predicted octanol–water partition coefficient (Wildman–Crippen LogP) is 2.52. The number of hydrogen-bond donors (Lipinski definition) is 3. The predicted molar refractivity (Wildman–Crippen MR) is 87.9 cm³/mol. The molecule has 0 saturated carbocycles. The van der Waals surface area contributed by atoms with Crippen LogP contribution in [0.15, 0.2) is 30.6 Å². The topological polar surface area (TPSA) is 79.1 Å². The van der Waals surface area contributed by atoms with Gasteiger partial charge in [-0.25, -0.2) is 15.8 Å². The fourth-order valence-corrected chi connectivity index (χ4v) is 2.13. The van der Waals surface area contributed by atoms with E-state index in [1.165, 1.54) is 6.33 Å². The van der Waals surface area contributed by atoms with Crippen molar-refractivity contribution in [2.45, 2.75) is 19.8 Å². The van der Waals surface area contributed by atoms with Gasteiger partial charge in [0.05, 0.1) is 0 Å². The quantitative estimate of drug-likeness (QED) is 0.559. The lowest BCUT2D eigenvalue weighted by molar-refractivity contribution is 0.903. The lowest BCUT2D eigenvalue weighted by Crippen LogP contribution is -2.13. The Balaban J connectivity index is 2.32. The number of nitrogens with one attached hydrogen (secondary N) is 2. The average Bonchev–Trinajstić information content (AvgIpc) is 2.49. The Morgan fingerprint density at radius 1 is 1.19 bits per heavy atom. The number of nitrogens with two attached hydrogens (primary N) is 1. The summed E-state index contributed by atoms with van der Waals surface area (Å²) in [7, 11) is 4.03. The summed E-state index contributed by atoms with van der Waals surface area (Å²) in [5, 5.41) is 3.35. The molecule has 1 heterocycles. The molecular formula is C15H22N6. The number of hydrazine groups is 1. The highest BCUT2D eigenvalue weighted by Crippen LogP contribution is 2.26. The summed E-state index contributed by atoms with van der Waals surface area (Å²) in [5.41, 5.74) is 5.75. The molecule has 4 N–H and O–H groups in total. The molecule has 112 valence electrons. The van der Waals surface area contributed by atoms with Crippen molar-refractivity contribution in [3.8, 4) is 0 Å². The van der Waals surface area contributed by atoms with Crippen molar-refractivity contribution in [1.29, 1.82) is 0 Å². The van der Waals surface area contributed by atoms with E-state index >= 15 is 0 Å². The molecule has 2 aromatic rings. The van der Waals surface area contributed by atoms with Crippen LogP contribution in [0, 0.1) is 0 Å². The number of rotatable bonds is 6. The van der Waals surface area contributed by atoms with E-state index in [9.17, 15) is 0 Å². The van der Waals surface area contributed by atoms with Gasteiger partial charge in [0, 0.05) is 31.0 Å². The highest BCUT2D eigenvalue weighted by Gasteiger charge is 2.10. The van der Waals surface area contributed by atoms with E-state index in [4.69, 9.17) is 5.84 Å². The van der Waals surface area contributed by atoms with Crippen LogP contribution in [-0.4, -0.2) is 24.1 Å². The van der Waals surface area contributed by atoms with Crippen molar-refractivity contribution in [1.82, 2.24) is 9.97 Å². The summed E-state index contributed by atoms with van der Waals surface area (Å²) in [6.07, 6.45) is 3.36. The zero-order chi connectivity index (χ0) is 15.2. The molecule has 0 amide bonds. The highest BCUT2D eigenvalue weighted by atomic mass is 15.3. The molecule has 0 spiro atoms. The second-order valence-corrected chi connectivity index (χ2v) is 5.01. The standard InChI is InChI=1S/C15H22N6/c1-4-6-13-14(17-10-18-15(13)20-16)19-11-7-5-8-12(9-11)21(2)3/h5,7-10H,4,6,16H2,1-3H3,(H2,17,18,19,20). The molecule has 0 fully saturated rings. The summed E-state index contributed by atoms with van der Waals surface area (Å²) in [4.78, 5) is 10.6. The molecule has 0 atom stereocenters. The third kappa shape index (κ3) is 3.61. The maximum Gasteiger partial charge on any atom is 0.148 e. The van der Waals surface area contributed by atoms with Crippen LogP contribution in [0.3, 0.4) is 0 Å². The molecule has 0 saturated heterocycles. The van der Waals surface area contributed by atoms with Gasteiger partial charge in [-0.1, -0.05) is 19.4 Å². The number of aromatic nitrogens is 2. The van der Waals surface area contributed by atoms with Gasteiger partial charge in [-0.3, -0.25) is 0 Å². The van der Waals surface area contributed by atoms with Gasteiger partial charge in [-0.05, 0) is 24.6 Å². The molecule has 1 aromatic heterocycles. The Hall–Kier alpha value is -2.34. The Morgan fingerprint density at radius 2 is 1.95 bits per heavy atom. The summed E-state index contributed by atoms with van der Waals surface area (Å²) < 4.78 is 0. The molecule has 0 unspecified atom stereocenters. The highest BCUT2D eigenvalue weighted by molar-refractivity contribution is 5.67. The van der Waals surface area contributed by atoms with Crippen LogP contribution in [0.4, 0.5) is 23.0 Å². The molecule has 2 rings (SSSR count). The van der Waals surface area contributed by atoms with Gasteiger partial charge in [0.15, 0.2) is 0 Å². The maximum absolute atomic E-state index is 5.53. The molecule has 0 aliphatic carbocycles. The third-order valence-corrected chi connectivity index (χ3v) is 3.21. The third-order valence-electron chi connectivity index (χ3n) is 3.21. The first-order chi connectivity index (χ1) is 10.2. The van der Waals surface area contributed by atoms with Crippen molar-refractivity contribution in [3.63, 3.8) is 0 Å². The van der Waals surface area contributed by atoms with Gasteiger partial charge in [0.2, 0.25) is 0 Å². The summed E-state index contributed by atoms with van der Waals surface area (Å²) >= 11 is 0. The smallest absolute Gasteiger partial charge is 0.148 e. The second-order valence-electron chi connectivity index (χ2n) is 5.01. The van der Waals surface area contributed by atoms with Gasteiger partial charge in [-0.2, -0.15) is 0 Å². The van der Waals surface area contributed by atoms with Gasteiger partial charge in [0.25, 0.3) is 0 Å². The van der Waals surface area contributed by atoms with Crippen LogP contribution in [0.1, 0.15) is 18.9 Å². The van der Waals surface area contributed by atoms with Crippen LogP contribution in [0.2, 0.25) is 0 Å². The van der Waals surface area contributed by atoms with E-state index in [0.717, 1.165) is 35.6 Å². The van der Waals surface area contributed by atoms with E-state index in [2.05, 4.69) is 44.7 Å². The fraction of sp³-hybridized carbons (Fsp3) is 0.333. The van der Waals surface area contributed by atoms with Gasteiger partial charge in [0.1, 0.15) is 18.0 Å². The molecule has 6 heteroatoms. The Labute approximate surface area is 125 Å². The number of nitrogen functional groups attached to an aromatic ring is 1.